The molecule has 0 saturated carbocycles. The number of carbonyl (C=O) groups excluding carboxylic acids is 2. The molecular formula is C71H53Cl7F8N19O5P. The van der Waals surface area contributed by atoms with Gasteiger partial charge in [-0.15, -0.1) is 11.6 Å². The number of nitrogen functional groups attached to an aromatic ring is 1. The molecule has 0 fully saturated rings. The number of imidazole rings is 4. The fraction of sp³-hybridized carbons (Fsp3) is 0.155. The van der Waals surface area contributed by atoms with E-state index in [0.717, 1.165) is 0 Å². The summed E-state index contributed by atoms with van der Waals surface area (Å²) in [5.41, 5.74) is 12.2. The second-order valence-corrected chi connectivity index (χ2v) is 31.6. The van der Waals surface area contributed by atoms with Crippen molar-refractivity contribution >= 4 is 126 Å². The van der Waals surface area contributed by atoms with Crippen LogP contribution in [0.4, 0.5) is 35.1 Å². The van der Waals surface area contributed by atoms with Gasteiger partial charge in [-0.2, -0.15) is 5.26 Å². The first-order valence-electron chi connectivity index (χ1n) is 31.8. The third-order valence-electron chi connectivity index (χ3n) is 15.6. The summed E-state index contributed by atoms with van der Waals surface area (Å²) in [5.74, 6) is -5.21. The average molecular weight is 1680 g/mol. The second kappa shape index (κ2) is 37.2. The number of fused-ring (bicyclic) bond motifs is 4. The SMILES string of the molecule is CCOC(=O)C(Cl)C=O.Cc1c(F)cc(Cc2nc(-c3ncc(Cl)c(=O)[nH]3)cn3ccnc23)cc1F.Cc1c(F)cc(Cc2nc(-c3ncc(Cl)c(Cl)n3)cn3ccnc23)cc1F.Cc1c(F)cc(Cc2nc(C#N)cn3ccnc23)cc1F.Cc1c(F)cc(Cc2nc(C(=N)N)cn3ccnc23)cc1F.O=P(Cl)(Cl)Cl. The Hall–Kier alpha value is -10.9. The Labute approximate surface area is 657 Å². The van der Waals surface area contributed by atoms with Crippen LogP contribution in [-0.2, 0) is 44.6 Å². The van der Waals surface area contributed by atoms with Gasteiger partial charge < -0.3 is 37.9 Å². The monoisotopic (exact) mass is 1680 g/mol. The molecule has 10 heterocycles. The minimum atomic E-state index is -3.22. The minimum absolute atomic E-state index is 0.0107. The number of nitrogens with two attached hydrogens (primary N) is 1. The topological polar surface area (TPSA) is 326 Å². The Morgan fingerprint density at radius 2 is 0.919 bits per heavy atom. The van der Waals surface area contributed by atoms with Crippen LogP contribution in [0.15, 0.2) is 140 Å². The van der Waals surface area contributed by atoms with Gasteiger partial charge in [0.15, 0.2) is 50.5 Å². The molecule has 24 nitrogen and oxygen atoms in total. The van der Waals surface area contributed by atoms with Crippen molar-refractivity contribution in [3.63, 3.8) is 0 Å². The number of H-pyrrole nitrogens is 1. The molecule has 14 rings (SSSR count). The lowest BCUT2D eigenvalue weighted by Gasteiger charge is -2.09. The maximum Gasteiger partial charge on any atom is 0.339 e. The number of rotatable bonds is 14. The van der Waals surface area contributed by atoms with E-state index in [1.165, 1.54) is 88.6 Å². The van der Waals surface area contributed by atoms with Gasteiger partial charge in [0.25, 0.3) is 5.56 Å². The highest BCUT2D eigenvalue weighted by Gasteiger charge is 2.21. The van der Waals surface area contributed by atoms with Crippen molar-refractivity contribution in [3.05, 3.63) is 286 Å². The number of hydrogen-bond acceptors (Lipinski definition) is 18. The molecule has 0 amide bonds. The van der Waals surface area contributed by atoms with E-state index in [1.54, 1.807) is 98.9 Å². The summed E-state index contributed by atoms with van der Waals surface area (Å²) in [5, 5.41) is 12.4. The third-order valence-corrected chi connectivity index (χ3v) is 16.8. The normalized spacial score (nSPS) is 11.2. The quantitative estimate of drug-likeness (QED) is 0.0105. The molecule has 4 aromatic carbocycles. The van der Waals surface area contributed by atoms with E-state index in [9.17, 15) is 54.1 Å². The summed E-state index contributed by atoms with van der Waals surface area (Å²) in [6.45, 7) is 7.43. The van der Waals surface area contributed by atoms with Crippen LogP contribution in [0.5, 0.6) is 0 Å². The maximum atomic E-state index is 13.9. The molecule has 572 valence electrons. The standard InChI is InChI=1S/C18H11Cl2F2N5.C18H12ClF2N5O.C15H13F2N5.C15H10F2N4.C5H7ClO3.Cl3OP/c1-9-12(21)4-10(5-13(9)22)6-14-18-23-2-3-27(18)8-15(25-14)17-24-7-11(19)16(20)26-17;1-9-12(20)4-10(5-13(9)21)6-14-17-22-2-3-26(17)8-15(24-14)16-23-7-11(19)18(27)25-16;1-8-10(16)4-9(5-11(8)17)6-12-15-20-2-3-22(15)7-13(21-12)14(18)19;1-9-12(16)4-10(5-13(9)17)6-14-15-19-2-3-21(15)8-11(7-18)20-14;1-2-9-5(8)4(6)3-7;1-5(2,3)4/h2-5,7-8H,6H2,1H3;2-5,7-8H,6H2,1H3,(H,23,25,27);2-5,7H,6H2,1H3,(H3,18,19);2-5,8H,6H2,1H3;3-4H,2H2,1H3;. The first-order valence-corrected chi connectivity index (χ1v) is 37.8. The molecule has 0 bridgehead atoms. The zero-order valence-electron chi connectivity index (χ0n) is 57.8. The largest absolute Gasteiger partial charge is 0.465 e. The van der Waals surface area contributed by atoms with Crippen LogP contribution >= 0.6 is 85.3 Å². The lowest BCUT2D eigenvalue weighted by atomic mass is 10.1. The number of aromatic nitrogens is 16. The smallest absolute Gasteiger partial charge is 0.339 e. The van der Waals surface area contributed by atoms with E-state index in [0.29, 0.717) is 85.3 Å². The van der Waals surface area contributed by atoms with Crippen molar-refractivity contribution in [1.29, 1.82) is 10.7 Å². The first kappa shape index (κ1) is 84.1. The van der Waals surface area contributed by atoms with E-state index in [2.05, 4.69) is 98.3 Å². The number of aldehydes is 1. The minimum Gasteiger partial charge on any atom is -0.465 e. The Morgan fingerprint density at radius 3 is 1.28 bits per heavy atom. The molecule has 4 N–H and O–H groups in total. The van der Waals surface area contributed by atoms with Crippen molar-refractivity contribution in [2.45, 2.75) is 65.7 Å². The molecule has 14 aromatic rings. The molecule has 0 spiro atoms. The Morgan fingerprint density at radius 1 is 0.568 bits per heavy atom. The summed E-state index contributed by atoms with van der Waals surface area (Å²) in [7, 11) is 0. The highest BCUT2D eigenvalue weighted by Crippen LogP contribution is 2.61. The average Bonchev–Trinajstić information content (AvgIpc) is 1.82. The van der Waals surface area contributed by atoms with Crippen LogP contribution in [0.2, 0.25) is 15.2 Å². The van der Waals surface area contributed by atoms with Gasteiger partial charge in [0.1, 0.15) is 86.8 Å². The fourth-order valence-electron chi connectivity index (χ4n) is 10.1. The number of esters is 1. The summed E-state index contributed by atoms with van der Waals surface area (Å²) in [6.07, 6.45) is 23.4. The molecule has 10 aromatic heterocycles. The fourth-order valence-corrected chi connectivity index (χ4v) is 10.5. The number of nitriles is 1. The molecule has 40 heteroatoms. The molecule has 0 saturated heterocycles. The van der Waals surface area contributed by atoms with Crippen molar-refractivity contribution in [2.75, 3.05) is 6.61 Å². The Balaban J connectivity index is 0.000000161. The van der Waals surface area contributed by atoms with Gasteiger partial charge in [0.05, 0.1) is 46.8 Å². The molecule has 1 unspecified atom stereocenters. The van der Waals surface area contributed by atoms with Gasteiger partial charge in [0, 0.05) is 122 Å². The van der Waals surface area contributed by atoms with Crippen LogP contribution in [-0.4, -0.2) is 107 Å². The zero-order chi connectivity index (χ0) is 80.9. The number of carbonyl (C=O) groups is 2. The molecule has 0 aliphatic heterocycles. The van der Waals surface area contributed by atoms with Crippen LogP contribution in [0.3, 0.4) is 0 Å². The lowest BCUT2D eigenvalue weighted by molar-refractivity contribution is -0.143. The Bertz CT molecular complexity index is 5920. The highest BCUT2D eigenvalue weighted by molar-refractivity contribution is 8.24. The zero-order valence-corrected chi connectivity index (χ0v) is 64.0. The van der Waals surface area contributed by atoms with Crippen molar-refractivity contribution in [3.8, 4) is 29.1 Å². The second-order valence-electron chi connectivity index (χ2n) is 23.3. The van der Waals surface area contributed by atoms with Gasteiger partial charge in [0.2, 0.25) is 0 Å². The highest BCUT2D eigenvalue weighted by atomic mass is 36.0. The van der Waals surface area contributed by atoms with Crippen LogP contribution < -0.4 is 11.3 Å². The number of halogens is 15. The van der Waals surface area contributed by atoms with E-state index >= 15 is 0 Å². The van der Waals surface area contributed by atoms with Crippen molar-refractivity contribution < 1.29 is 54.0 Å². The summed E-state index contributed by atoms with van der Waals surface area (Å²) >= 11 is 36.5. The van der Waals surface area contributed by atoms with Gasteiger partial charge in [-0.3, -0.25) is 14.8 Å². The lowest BCUT2D eigenvalue weighted by Crippen LogP contribution is -2.18. The van der Waals surface area contributed by atoms with Gasteiger partial charge in [-0.05, 0) is 139 Å². The maximum absolute atomic E-state index is 13.9. The number of ether oxygens (including phenoxy) is 1. The molecule has 0 radical (unpaired) electrons. The summed E-state index contributed by atoms with van der Waals surface area (Å²) in [6, 6.07) is 12.2. The predicted molar refractivity (Wildman–Crippen MR) is 401 cm³/mol. The number of hydrogen-bond donors (Lipinski definition) is 3. The Kier molecular flexibility index (Phi) is 28.2. The van der Waals surface area contributed by atoms with E-state index in [1.807, 2.05) is 6.07 Å². The van der Waals surface area contributed by atoms with Gasteiger partial charge in [-0.25, -0.2) is 94.7 Å². The summed E-state index contributed by atoms with van der Waals surface area (Å²) in [4.78, 5) is 81.2. The van der Waals surface area contributed by atoms with E-state index in [-0.39, 0.29) is 98.6 Å². The molecule has 0 aliphatic carbocycles. The summed E-state index contributed by atoms with van der Waals surface area (Å²) < 4.78 is 131. The molecule has 0 aliphatic rings. The predicted octanol–water partition coefficient (Wildman–Crippen LogP) is 16.1. The van der Waals surface area contributed by atoms with Gasteiger partial charge >= 0.3 is 11.2 Å². The number of nitrogens with zero attached hydrogens (tertiary/aromatic N) is 16. The molecule has 111 heavy (non-hydrogen) atoms. The van der Waals surface area contributed by atoms with Crippen LogP contribution in [0.1, 0.15) is 85.6 Å². The number of benzene rings is 4. The van der Waals surface area contributed by atoms with E-state index < -0.39 is 68.6 Å². The van der Waals surface area contributed by atoms with Crippen molar-refractivity contribution in [1.82, 2.24) is 77.4 Å². The third kappa shape index (κ3) is 22.0. The van der Waals surface area contributed by atoms with Crippen LogP contribution in [0, 0.1) is 91.0 Å². The van der Waals surface area contributed by atoms with Gasteiger partial charge in [-0.1, -0.05) is 34.8 Å². The van der Waals surface area contributed by atoms with Crippen LogP contribution in [0.25, 0.3) is 45.6 Å². The van der Waals surface area contributed by atoms with Crippen molar-refractivity contribution in [2.24, 2.45) is 5.73 Å². The first-order chi connectivity index (χ1) is 52.6. The molecular weight excluding hydrogens is 1630 g/mol. The number of amidine groups is 1. The number of alkyl halides is 1. The number of nitrogens with one attached hydrogen (secondary N) is 2. The molecule has 1 atom stereocenters. The van der Waals surface area contributed by atoms with E-state index in [4.69, 9.17) is 62.8 Å². The number of aromatic amines is 1.